The smallest absolute Gasteiger partial charge is 0.272 e. The summed E-state index contributed by atoms with van der Waals surface area (Å²) in [6, 6.07) is 4.25. The third kappa shape index (κ3) is 4.81. The molecule has 1 unspecified atom stereocenters. The molecule has 2 N–H and O–H groups in total. The normalized spacial score (nSPS) is 22.0. The lowest BCUT2D eigenvalue weighted by Crippen LogP contribution is -2.31. The first-order chi connectivity index (χ1) is 13.6. The number of benzene rings is 1. The van der Waals surface area contributed by atoms with Crippen LogP contribution in [0.15, 0.2) is 35.4 Å². The van der Waals surface area contributed by atoms with Gasteiger partial charge < -0.3 is 9.88 Å². The summed E-state index contributed by atoms with van der Waals surface area (Å²) in [6.07, 6.45) is 3.10. The maximum atomic E-state index is 13.3. The highest BCUT2D eigenvalue weighted by Gasteiger charge is 2.34. The van der Waals surface area contributed by atoms with E-state index in [9.17, 15) is 22.0 Å². The zero-order chi connectivity index (χ0) is 21.3. The van der Waals surface area contributed by atoms with Gasteiger partial charge in [-0.1, -0.05) is 20.3 Å². The number of aromatic nitrogens is 1. The molecule has 0 aliphatic carbocycles. The molecule has 1 aromatic heterocycles. The number of hydrogen-bond donors (Lipinski definition) is 2. The SMILES string of the molecule is CC[C@@H]1C[C@H](NS(=O)(=O)c2cc(C(=O)Nc3ccc(F)c(F)c3)n(C)c2)SC1C. The maximum absolute atomic E-state index is 13.3. The molecule has 2 aromatic rings. The second kappa shape index (κ2) is 8.45. The number of thioether (sulfide) groups is 1. The van der Waals surface area contributed by atoms with E-state index in [0.29, 0.717) is 11.2 Å². The number of hydrogen-bond acceptors (Lipinski definition) is 4. The van der Waals surface area contributed by atoms with Gasteiger partial charge in [-0.05, 0) is 30.5 Å². The molecular formula is C19H23F2N3O3S2. The molecule has 1 aliphatic rings. The van der Waals surface area contributed by atoms with E-state index in [-0.39, 0.29) is 21.7 Å². The lowest BCUT2D eigenvalue weighted by atomic mass is 10.00. The highest BCUT2D eigenvalue weighted by atomic mass is 32.2. The molecule has 1 aliphatic heterocycles. The van der Waals surface area contributed by atoms with Crippen molar-refractivity contribution in [1.29, 1.82) is 0 Å². The van der Waals surface area contributed by atoms with Crippen LogP contribution in [0.4, 0.5) is 14.5 Å². The average molecular weight is 444 g/mol. The molecule has 0 bridgehead atoms. The van der Waals surface area contributed by atoms with Crippen molar-refractivity contribution in [2.24, 2.45) is 13.0 Å². The molecule has 10 heteroatoms. The molecule has 1 amide bonds. The van der Waals surface area contributed by atoms with E-state index in [1.165, 1.54) is 22.9 Å². The van der Waals surface area contributed by atoms with Crippen LogP contribution in [0.2, 0.25) is 0 Å². The Hall–Kier alpha value is -1.91. The van der Waals surface area contributed by atoms with Crippen LogP contribution >= 0.6 is 11.8 Å². The van der Waals surface area contributed by atoms with Crippen molar-refractivity contribution in [3.8, 4) is 0 Å². The molecular weight excluding hydrogens is 420 g/mol. The Labute approximate surface area is 173 Å². The molecule has 1 fully saturated rings. The minimum Gasteiger partial charge on any atom is -0.345 e. The summed E-state index contributed by atoms with van der Waals surface area (Å²) in [4.78, 5) is 12.4. The number of rotatable bonds is 6. The standard InChI is InChI=1S/C19H23F2N3O3S2/c1-4-12-7-18(28-11(12)2)23-29(26,27)14-9-17(24(3)10-14)19(25)22-13-5-6-15(20)16(21)8-13/h5-6,8-12,18,23H,4,7H2,1-3H3,(H,22,25)/t11?,12-,18-/m1/s1. The molecule has 1 saturated heterocycles. The summed E-state index contributed by atoms with van der Waals surface area (Å²) >= 11 is 1.60. The second-order valence-corrected chi connectivity index (χ2v) is 10.4. The van der Waals surface area contributed by atoms with Crippen molar-refractivity contribution in [3.63, 3.8) is 0 Å². The van der Waals surface area contributed by atoms with Crippen molar-refractivity contribution in [3.05, 3.63) is 47.8 Å². The molecule has 3 rings (SSSR count). The minimum absolute atomic E-state index is 0.0244. The Bertz CT molecular complexity index is 1020. The van der Waals surface area contributed by atoms with Crippen molar-refractivity contribution in [2.75, 3.05) is 5.32 Å². The van der Waals surface area contributed by atoms with E-state index in [0.717, 1.165) is 25.0 Å². The van der Waals surface area contributed by atoms with Crippen LogP contribution in [0.5, 0.6) is 0 Å². The van der Waals surface area contributed by atoms with Crippen LogP contribution < -0.4 is 10.0 Å². The zero-order valence-corrected chi connectivity index (χ0v) is 17.9. The Morgan fingerprint density at radius 1 is 1.28 bits per heavy atom. The molecule has 2 heterocycles. The fourth-order valence-corrected chi connectivity index (χ4v) is 6.53. The lowest BCUT2D eigenvalue weighted by Gasteiger charge is -2.11. The fourth-order valence-electron chi connectivity index (χ4n) is 3.38. The van der Waals surface area contributed by atoms with Crippen LogP contribution in [0.25, 0.3) is 0 Å². The number of amides is 1. The van der Waals surface area contributed by atoms with Crippen molar-refractivity contribution in [1.82, 2.24) is 9.29 Å². The Morgan fingerprint density at radius 2 is 2.00 bits per heavy atom. The summed E-state index contributed by atoms with van der Waals surface area (Å²) in [5, 5.41) is 2.61. The largest absolute Gasteiger partial charge is 0.345 e. The average Bonchev–Trinajstić information content (AvgIpc) is 3.20. The van der Waals surface area contributed by atoms with E-state index in [2.05, 4.69) is 23.9 Å². The van der Waals surface area contributed by atoms with Gasteiger partial charge >= 0.3 is 0 Å². The number of carbonyl (C=O) groups is 1. The summed E-state index contributed by atoms with van der Waals surface area (Å²) in [7, 11) is -2.26. The zero-order valence-electron chi connectivity index (χ0n) is 16.3. The van der Waals surface area contributed by atoms with Crippen molar-refractivity contribution >= 4 is 33.4 Å². The second-order valence-electron chi connectivity index (χ2n) is 7.11. The van der Waals surface area contributed by atoms with Gasteiger partial charge in [0.05, 0.1) is 5.37 Å². The summed E-state index contributed by atoms with van der Waals surface area (Å²) in [5.74, 6) is -2.28. The van der Waals surface area contributed by atoms with Gasteiger partial charge in [0.25, 0.3) is 5.91 Å². The number of sulfonamides is 1. The highest BCUT2D eigenvalue weighted by Crippen LogP contribution is 2.39. The molecule has 6 nitrogen and oxygen atoms in total. The van der Waals surface area contributed by atoms with Crippen LogP contribution in [0, 0.1) is 17.6 Å². The lowest BCUT2D eigenvalue weighted by molar-refractivity contribution is 0.101. The number of carbonyl (C=O) groups excluding carboxylic acids is 1. The molecule has 0 saturated carbocycles. The van der Waals surface area contributed by atoms with Gasteiger partial charge in [0.1, 0.15) is 10.6 Å². The van der Waals surface area contributed by atoms with Gasteiger partial charge in [0.2, 0.25) is 10.0 Å². The van der Waals surface area contributed by atoms with Crippen molar-refractivity contribution in [2.45, 2.75) is 42.2 Å². The minimum atomic E-state index is -3.80. The first kappa shape index (κ1) is 21.8. The quantitative estimate of drug-likeness (QED) is 0.713. The fraction of sp³-hybridized carbons (Fsp3) is 0.421. The van der Waals surface area contributed by atoms with Gasteiger partial charge in [-0.3, -0.25) is 4.79 Å². The third-order valence-electron chi connectivity index (χ3n) is 5.07. The van der Waals surface area contributed by atoms with E-state index in [1.807, 2.05) is 0 Å². The van der Waals surface area contributed by atoms with Crippen molar-refractivity contribution < 1.29 is 22.0 Å². The number of nitrogens with zero attached hydrogens (tertiary/aromatic N) is 1. The van der Waals surface area contributed by atoms with Gasteiger partial charge in [0.15, 0.2) is 11.6 Å². The van der Waals surface area contributed by atoms with E-state index in [4.69, 9.17) is 0 Å². The van der Waals surface area contributed by atoms with E-state index < -0.39 is 27.6 Å². The van der Waals surface area contributed by atoms with Crippen LogP contribution in [-0.2, 0) is 17.1 Å². The van der Waals surface area contributed by atoms with Gasteiger partial charge in [-0.2, -0.15) is 4.72 Å². The van der Waals surface area contributed by atoms with Gasteiger partial charge in [0, 0.05) is 30.2 Å². The number of aryl methyl sites for hydroxylation is 1. The van der Waals surface area contributed by atoms with Gasteiger partial charge in [-0.25, -0.2) is 17.2 Å². The Morgan fingerprint density at radius 3 is 2.62 bits per heavy atom. The first-order valence-electron chi connectivity index (χ1n) is 9.21. The molecule has 0 spiro atoms. The summed E-state index contributed by atoms with van der Waals surface area (Å²) < 4.78 is 56.0. The van der Waals surface area contributed by atoms with E-state index in [1.54, 1.807) is 18.8 Å². The predicted molar refractivity (Wildman–Crippen MR) is 109 cm³/mol. The molecule has 1 aromatic carbocycles. The highest BCUT2D eigenvalue weighted by molar-refractivity contribution is 8.01. The summed E-state index contributed by atoms with van der Waals surface area (Å²) in [6.45, 7) is 4.18. The number of nitrogens with one attached hydrogen (secondary N) is 2. The molecule has 29 heavy (non-hydrogen) atoms. The topological polar surface area (TPSA) is 80.2 Å². The van der Waals surface area contributed by atoms with Gasteiger partial charge in [-0.15, -0.1) is 11.8 Å². The molecule has 158 valence electrons. The monoisotopic (exact) mass is 443 g/mol. The predicted octanol–water partition coefficient (Wildman–Crippen LogP) is 3.71. The number of anilines is 1. The van der Waals surface area contributed by atoms with E-state index >= 15 is 0 Å². The first-order valence-corrected chi connectivity index (χ1v) is 11.6. The summed E-state index contributed by atoms with van der Waals surface area (Å²) in [5.41, 5.74) is 0.147. The van der Waals surface area contributed by atoms with Crippen LogP contribution in [0.3, 0.4) is 0 Å². The number of halogens is 2. The third-order valence-corrected chi connectivity index (χ3v) is 8.11. The Balaban J connectivity index is 1.74. The maximum Gasteiger partial charge on any atom is 0.272 e. The van der Waals surface area contributed by atoms with Crippen LogP contribution in [0.1, 0.15) is 37.2 Å². The molecule has 0 radical (unpaired) electrons. The Kier molecular flexibility index (Phi) is 6.35. The molecule has 3 atom stereocenters. The van der Waals surface area contributed by atoms with Crippen LogP contribution in [-0.4, -0.2) is 29.5 Å².